The lowest BCUT2D eigenvalue weighted by molar-refractivity contribution is 0.259. The summed E-state index contributed by atoms with van der Waals surface area (Å²) in [5.74, 6) is 0.772. The highest BCUT2D eigenvalue weighted by Crippen LogP contribution is 2.33. The number of rotatable bonds is 4. The summed E-state index contributed by atoms with van der Waals surface area (Å²) < 4.78 is 12.9. The highest BCUT2D eigenvalue weighted by atomic mass is 32.1. The number of ether oxygens (including phenoxy) is 1. The molecule has 3 aromatic carbocycles. The van der Waals surface area contributed by atoms with E-state index in [1.54, 1.807) is 0 Å². The Morgan fingerprint density at radius 3 is 2.27 bits per heavy atom. The van der Waals surface area contributed by atoms with Crippen molar-refractivity contribution >= 4 is 56.9 Å². The first-order valence-electron chi connectivity index (χ1n) is 11.2. The van der Waals surface area contributed by atoms with E-state index in [2.05, 4.69) is 40.1 Å². The number of piperazine rings is 1. The molecule has 1 atom stereocenters. The molecule has 168 valence electrons. The van der Waals surface area contributed by atoms with E-state index in [4.69, 9.17) is 33.6 Å². The van der Waals surface area contributed by atoms with Crippen LogP contribution in [0.2, 0.25) is 0 Å². The van der Waals surface area contributed by atoms with E-state index in [1.165, 1.54) is 5.69 Å². The fraction of sp³-hybridized carbons (Fsp3) is 0.259. The van der Waals surface area contributed by atoms with Gasteiger partial charge in [-0.2, -0.15) is 0 Å². The van der Waals surface area contributed by atoms with Gasteiger partial charge in [0, 0.05) is 48.2 Å². The second-order valence-electron chi connectivity index (χ2n) is 8.41. The highest BCUT2D eigenvalue weighted by molar-refractivity contribution is 7.80. The molecule has 1 aliphatic rings. The van der Waals surface area contributed by atoms with E-state index in [9.17, 15) is 0 Å². The number of anilines is 1. The van der Waals surface area contributed by atoms with Crippen LogP contribution in [-0.2, 0) is 0 Å². The van der Waals surface area contributed by atoms with Crippen LogP contribution in [-0.4, -0.2) is 42.2 Å². The molecule has 33 heavy (non-hydrogen) atoms. The first-order chi connectivity index (χ1) is 16.0. The average molecular weight is 475 g/mol. The van der Waals surface area contributed by atoms with Gasteiger partial charge < -0.3 is 19.0 Å². The van der Waals surface area contributed by atoms with Crippen LogP contribution in [0.5, 0.6) is 5.75 Å². The fourth-order valence-corrected chi connectivity index (χ4v) is 5.00. The average Bonchev–Trinajstić information content (AvgIpc) is 2.86. The Morgan fingerprint density at radius 2 is 1.55 bits per heavy atom. The number of aryl methyl sites for hydroxylation is 1. The Kier molecular flexibility index (Phi) is 6.04. The first-order valence-corrected chi connectivity index (χ1v) is 12.0. The SMILES string of the molecule is Cc1c(OC(C)C(=S)N2CCN(c3ccccc3)CC2)ccc2c1oc(=S)c1ccccc12. The van der Waals surface area contributed by atoms with Crippen molar-refractivity contribution in [2.75, 3.05) is 31.1 Å². The van der Waals surface area contributed by atoms with E-state index in [0.29, 0.717) is 4.71 Å². The van der Waals surface area contributed by atoms with Crippen molar-refractivity contribution in [3.05, 3.63) is 77.0 Å². The number of nitrogens with zero attached hydrogens (tertiary/aromatic N) is 2. The normalized spacial score (nSPS) is 15.1. The zero-order valence-corrected chi connectivity index (χ0v) is 20.4. The Morgan fingerprint density at radius 1 is 0.879 bits per heavy atom. The third kappa shape index (κ3) is 4.21. The molecule has 4 nitrogen and oxygen atoms in total. The minimum absolute atomic E-state index is 0.220. The zero-order valence-electron chi connectivity index (χ0n) is 18.8. The number of fused-ring (bicyclic) bond motifs is 3. The van der Waals surface area contributed by atoms with Crippen LogP contribution in [0.15, 0.2) is 71.1 Å². The highest BCUT2D eigenvalue weighted by Gasteiger charge is 2.24. The van der Waals surface area contributed by atoms with Gasteiger partial charge in [-0.3, -0.25) is 0 Å². The van der Waals surface area contributed by atoms with E-state index in [-0.39, 0.29) is 6.10 Å². The second-order valence-corrected chi connectivity index (χ2v) is 9.20. The summed E-state index contributed by atoms with van der Waals surface area (Å²) in [6, 6.07) is 22.7. The minimum Gasteiger partial charge on any atom is -0.483 e. The molecule has 1 aliphatic heterocycles. The van der Waals surface area contributed by atoms with Crippen LogP contribution in [0.4, 0.5) is 5.69 Å². The lowest BCUT2D eigenvalue weighted by Gasteiger charge is -2.38. The van der Waals surface area contributed by atoms with Crippen LogP contribution in [0.3, 0.4) is 0 Å². The molecule has 5 rings (SSSR count). The van der Waals surface area contributed by atoms with Crippen molar-refractivity contribution < 1.29 is 9.15 Å². The van der Waals surface area contributed by atoms with E-state index < -0.39 is 0 Å². The van der Waals surface area contributed by atoms with E-state index in [0.717, 1.165) is 64.2 Å². The molecule has 1 aromatic heterocycles. The van der Waals surface area contributed by atoms with Crippen molar-refractivity contribution in [1.29, 1.82) is 0 Å². The van der Waals surface area contributed by atoms with Gasteiger partial charge in [0.25, 0.3) is 0 Å². The number of para-hydroxylation sites is 1. The summed E-state index contributed by atoms with van der Waals surface area (Å²) in [6.45, 7) is 7.70. The molecule has 1 saturated heterocycles. The van der Waals surface area contributed by atoms with Gasteiger partial charge in [-0.15, -0.1) is 0 Å². The topological polar surface area (TPSA) is 28.9 Å². The van der Waals surface area contributed by atoms with Crippen molar-refractivity contribution in [2.45, 2.75) is 20.0 Å². The molecule has 0 saturated carbocycles. The van der Waals surface area contributed by atoms with Gasteiger partial charge in [0.15, 0.2) is 4.71 Å². The molecule has 1 unspecified atom stereocenters. The van der Waals surface area contributed by atoms with Gasteiger partial charge in [-0.1, -0.05) is 48.6 Å². The first kappa shape index (κ1) is 21.9. The standard InChI is InChI=1S/C27H26N2O2S2/c1-18-24(13-12-22-21-10-6-7-11-23(21)27(33)31-25(18)22)30-19(2)26(32)29-16-14-28(15-17-29)20-8-4-3-5-9-20/h3-13,19H,14-17H2,1-2H3. The van der Waals surface area contributed by atoms with Gasteiger partial charge in [0.1, 0.15) is 22.4 Å². The quantitative estimate of drug-likeness (QED) is 0.246. The third-order valence-corrected chi connectivity index (χ3v) is 7.25. The Hall–Kier alpha value is -2.96. The molecule has 0 N–H and O–H groups in total. The van der Waals surface area contributed by atoms with Crippen LogP contribution in [0.1, 0.15) is 12.5 Å². The molecule has 0 radical (unpaired) electrons. The summed E-state index contributed by atoms with van der Waals surface area (Å²) >= 11 is 11.3. The molecular formula is C27H26N2O2S2. The number of thiocarbonyl (C=S) groups is 1. The Labute approximate surface area is 204 Å². The molecule has 4 aromatic rings. The molecule has 1 fully saturated rings. The maximum atomic E-state index is 6.34. The van der Waals surface area contributed by atoms with Gasteiger partial charge in [0.2, 0.25) is 0 Å². The van der Waals surface area contributed by atoms with Crippen LogP contribution in [0, 0.1) is 11.6 Å². The van der Waals surface area contributed by atoms with Gasteiger partial charge in [0.05, 0.1) is 0 Å². The molecule has 0 aliphatic carbocycles. The predicted octanol–water partition coefficient (Wildman–Crippen LogP) is 6.54. The minimum atomic E-state index is -0.220. The number of hydrogen-bond donors (Lipinski definition) is 0. The summed E-state index contributed by atoms with van der Waals surface area (Å²) in [4.78, 5) is 5.49. The molecule has 0 amide bonds. The summed E-state index contributed by atoms with van der Waals surface area (Å²) in [6.07, 6.45) is -0.220. The van der Waals surface area contributed by atoms with Crippen LogP contribution in [0.25, 0.3) is 21.7 Å². The zero-order chi connectivity index (χ0) is 22.9. The number of hydrogen-bond acceptors (Lipinski definition) is 5. The van der Waals surface area contributed by atoms with Gasteiger partial charge in [-0.05, 0) is 61.8 Å². The van der Waals surface area contributed by atoms with Crippen molar-refractivity contribution in [3.63, 3.8) is 0 Å². The van der Waals surface area contributed by atoms with E-state index in [1.807, 2.05) is 50.2 Å². The maximum absolute atomic E-state index is 6.34. The smallest absolute Gasteiger partial charge is 0.198 e. The largest absolute Gasteiger partial charge is 0.483 e. The molecular weight excluding hydrogens is 448 g/mol. The van der Waals surface area contributed by atoms with Crippen molar-refractivity contribution in [2.24, 2.45) is 0 Å². The molecule has 0 bridgehead atoms. The van der Waals surface area contributed by atoms with Crippen molar-refractivity contribution in [1.82, 2.24) is 4.90 Å². The van der Waals surface area contributed by atoms with E-state index >= 15 is 0 Å². The fourth-order valence-electron chi connectivity index (χ4n) is 4.51. The summed E-state index contributed by atoms with van der Waals surface area (Å²) in [5, 5.41) is 3.09. The van der Waals surface area contributed by atoms with Crippen LogP contribution >= 0.6 is 24.4 Å². The van der Waals surface area contributed by atoms with Crippen LogP contribution < -0.4 is 9.64 Å². The Balaban J connectivity index is 1.32. The summed E-state index contributed by atoms with van der Waals surface area (Å²) in [5.41, 5.74) is 2.97. The predicted molar refractivity (Wildman–Crippen MR) is 142 cm³/mol. The number of benzene rings is 3. The van der Waals surface area contributed by atoms with Gasteiger partial charge >= 0.3 is 0 Å². The van der Waals surface area contributed by atoms with Gasteiger partial charge in [-0.25, -0.2) is 0 Å². The second kappa shape index (κ2) is 9.12. The molecule has 0 spiro atoms. The Bertz CT molecular complexity index is 1380. The maximum Gasteiger partial charge on any atom is 0.198 e. The molecule has 6 heteroatoms. The lowest BCUT2D eigenvalue weighted by atomic mass is 10.0. The lowest BCUT2D eigenvalue weighted by Crippen LogP contribution is -2.51. The molecule has 2 heterocycles. The monoisotopic (exact) mass is 474 g/mol. The third-order valence-electron chi connectivity index (χ3n) is 6.35. The van der Waals surface area contributed by atoms with Crippen molar-refractivity contribution in [3.8, 4) is 5.75 Å². The summed E-state index contributed by atoms with van der Waals surface area (Å²) in [7, 11) is 0.